The predicted molar refractivity (Wildman–Crippen MR) is 80.5 cm³/mol. The van der Waals surface area contributed by atoms with E-state index in [1.165, 1.54) is 0 Å². The zero-order valence-corrected chi connectivity index (χ0v) is 13.6. The Kier molecular flexibility index (Phi) is 4.36. The zero-order chi connectivity index (χ0) is 14.2. The summed E-state index contributed by atoms with van der Waals surface area (Å²) in [6.07, 6.45) is 1.98. The lowest BCUT2D eigenvalue weighted by Gasteiger charge is -2.36. The molecule has 1 amide bonds. The van der Waals surface area contributed by atoms with Gasteiger partial charge in [-0.2, -0.15) is 0 Å². The molecule has 1 aliphatic heterocycles. The molecule has 2 heterocycles. The second-order valence-electron chi connectivity index (χ2n) is 5.72. The summed E-state index contributed by atoms with van der Waals surface area (Å²) < 4.78 is 2.99. The van der Waals surface area contributed by atoms with Crippen molar-refractivity contribution in [1.29, 1.82) is 0 Å². The standard InChI is InChI=1S/C14H22BrN3O/c1-9(2)18-8-12(15)5-13(18)14(19)17-6-10(3)16-11(4)7-17/h5,8-11,16H,6-7H2,1-4H3/t10-,11-/m1/s1. The van der Waals surface area contributed by atoms with Crippen molar-refractivity contribution < 1.29 is 4.79 Å². The molecule has 1 N–H and O–H groups in total. The van der Waals surface area contributed by atoms with Crippen LogP contribution < -0.4 is 5.32 Å². The Hall–Kier alpha value is -0.810. The molecule has 1 saturated heterocycles. The average Bonchev–Trinajstić information content (AvgIpc) is 2.69. The summed E-state index contributed by atoms with van der Waals surface area (Å²) >= 11 is 3.46. The molecule has 1 aliphatic rings. The highest BCUT2D eigenvalue weighted by molar-refractivity contribution is 9.10. The van der Waals surface area contributed by atoms with Crippen molar-refractivity contribution in [3.63, 3.8) is 0 Å². The number of hydrogen-bond donors (Lipinski definition) is 1. The number of halogens is 1. The molecule has 2 rings (SSSR count). The minimum Gasteiger partial charge on any atom is -0.340 e. The Morgan fingerprint density at radius 1 is 1.37 bits per heavy atom. The van der Waals surface area contributed by atoms with Crippen molar-refractivity contribution in [3.8, 4) is 0 Å². The third-order valence-corrected chi connectivity index (χ3v) is 3.87. The van der Waals surface area contributed by atoms with Crippen LogP contribution in [0.5, 0.6) is 0 Å². The van der Waals surface area contributed by atoms with E-state index in [4.69, 9.17) is 0 Å². The maximum absolute atomic E-state index is 12.7. The van der Waals surface area contributed by atoms with E-state index in [-0.39, 0.29) is 11.9 Å². The second-order valence-corrected chi connectivity index (χ2v) is 6.64. The Morgan fingerprint density at radius 3 is 2.47 bits per heavy atom. The van der Waals surface area contributed by atoms with Gasteiger partial charge in [0.15, 0.2) is 0 Å². The van der Waals surface area contributed by atoms with Gasteiger partial charge in [0.1, 0.15) is 5.69 Å². The van der Waals surface area contributed by atoms with Crippen LogP contribution in [0.3, 0.4) is 0 Å². The lowest BCUT2D eigenvalue weighted by atomic mass is 10.1. The van der Waals surface area contributed by atoms with Crippen molar-refractivity contribution in [1.82, 2.24) is 14.8 Å². The van der Waals surface area contributed by atoms with E-state index in [0.717, 1.165) is 23.3 Å². The number of amides is 1. The first kappa shape index (κ1) is 14.6. The largest absolute Gasteiger partial charge is 0.340 e. The summed E-state index contributed by atoms with van der Waals surface area (Å²) in [5, 5.41) is 3.45. The van der Waals surface area contributed by atoms with Crippen molar-refractivity contribution in [2.75, 3.05) is 13.1 Å². The molecule has 0 saturated carbocycles. The molecular formula is C14H22BrN3O. The topological polar surface area (TPSA) is 37.3 Å². The van der Waals surface area contributed by atoms with Crippen LogP contribution in [0, 0.1) is 0 Å². The van der Waals surface area contributed by atoms with Crippen LogP contribution in [0.15, 0.2) is 16.7 Å². The highest BCUT2D eigenvalue weighted by Gasteiger charge is 2.27. The van der Waals surface area contributed by atoms with Crippen LogP contribution in [-0.2, 0) is 0 Å². The van der Waals surface area contributed by atoms with E-state index in [2.05, 4.69) is 48.9 Å². The fourth-order valence-electron chi connectivity index (χ4n) is 2.70. The lowest BCUT2D eigenvalue weighted by Crippen LogP contribution is -2.56. The van der Waals surface area contributed by atoms with Gasteiger partial charge in [0.05, 0.1) is 0 Å². The molecule has 0 radical (unpaired) electrons. The average molecular weight is 328 g/mol. The molecule has 0 aliphatic carbocycles. The van der Waals surface area contributed by atoms with E-state index in [1.54, 1.807) is 0 Å². The monoisotopic (exact) mass is 327 g/mol. The zero-order valence-electron chi connectivity index (χ0n) is 12.0. The number of aromatic nitrogens is 1. The minimum absolute atomic E-state index is 0.125. The number of hydrogen-bond acceptors (Lipinski definition) is 2. The molecule has 0 unspecified atom stereocenters. The molecular weight excluding hydrogens is 306 g/mol. The number of nitrogens with zero attached hydrogens (tertiary/aromatic N) is 2. The Morgan fingerprint density at radius 2 is 1.95 bits per heavy atom. The van der Waals surface area contributed by atoms with Gasteiger partial charge in [0, 0.05) is 41.9 Å². The van der Waals surface area contributed by atoms with E-state index in [1.807, 2.05) is 21.7 Å². The molecule has 106 valence electrons. The Bertz CT molecular complexity index is 459. The number of carbonyl (C=O) groups excluding carboxylic acids is 1. The van der Waals surface area contributed by atoms with Crippen LogP contribution in [0.4, 0.5) is 0 Å². The third-order valence-electron chi connectivity index (χ3n) is 3.44. The molecule has 1 aromatic heterocycles. The Balaban J connectivity index is 2.24. The summed E-state index contributed by atoms with van der Waals surface area (Å²) in [5.74, 6) is 0.125. The number of piperazine rings is 1. The molecule has 0 aromatic carbocycles. The van der Waals surface area contributed by atoms with Gasteiger partial charge in [-0.15, -0.1) is 0 Å². The summed E-state index contributed by atoms with van der Waals surface area (Å²) in [7, 11) is 0. The fraction of sp³-hybridized carbons (Fsp3) is 0.643. The first-order valence-corrected chi connectivity index (χ1v) is 7.60. The van der Waals surface area contributed by atoms with Gasteiger partial charge in [-0.1, -0.05) is 0 Å². The summed E-state index contributed by atoms with van der Waals surface area (Å²) in [5.41, 5.74) is 0.767. The van der Waals surface area contributed by atoms with Crippen molar-refractivity contribution >= 4 is 21.8 Å². The molecule has 1 fully saturated rings. The van der Waals surface area contributed by atoms with Crippen molar-refractivity contribution in [3.05, 3.63) is 22.4 Å². The summed E-state index contributed by atoms with van der Waals surface area (Å²) in [6, 6.07) is 2.89. The summed E-state index contributed by atoms with van der Waals surface area (Å²) in [6.45, 7) is 9.95. The van der Waals surface area contributed by atoms with Crippen LogP contribution in [0.1, 0.15) is 44.2 Å². The molecule has 0 spiro atoms. The minimum atomic E-state index is 0.125. The molecule has 5 heteroatoms. The summed E-state index contributed by atoms with van der Waals surface area (Å²) in [4.78, 5) is 14.6. The lowest BCUT2D eigenvalue weighted by molar-refractivity contribution is 0.0661. The molecule has 2 atom stereocenters. The van der Waals surface area contributed by atoms with E-state index < -0.39 is 0 Å². The van der Waals surface area contributed by atoms with Gasteiger partial charge >= 0.3 is 0 Å². The van der Waals surface area contributed by atoms with Crippen LogP contribution in [0.25, 0.3) is 0 Å². The van der Waals surface area contributed by atoms with Crippen molar-refractivity contribution in [2.45, 2.75) is 45.8 Å². The number of carbonyl (C=O) groups is 1. The second kappa shape index (κ2) is 5.67. The first-order chi connectivity index (χ1) is 8.88. The maximum Gasteiger partial charge on any atom is 0.270 e. The first-order valence-electron chi connectivity index (χ1n) is 6.81. The highest BCUT2D eigenvalue weighted by Crippen LogP contribution is 2.21. The molecule has 1 aromatic rings. The van der Waals surface area contributed by atoms with Gasteiger partial charge in [0.2, 0.25) is 0 Å². The van der Waals surface area contributed by atoms with E-state index in [9.17, 15) is 4.79 Å². The maximum atomic E-state index is 12.7. The van der Waals surface area contributed by atoms with Crippen LogP contribution >= 0.6 is 15.9 Å². The predicted octanol–water partition coefficient (Wildman–Crippen LogP) is 2.65. The van der Waals surface area contributed by atoms with Crippen LogP contribution in [-0.4, -0.2) is 40.5 Å². The number of rotatable bonds is 2. The van der Waals surface area contributed by atoms with Gasteiger partial charge in [-0.25, -0.2) is 0 Å². The Labute approximate surface area is 123 Å². The van der Waals surface area contributed by atoms with Gasteiger partial charge in [0.25, 0.3) is 5.91 Å². The quantitative estimate of drug-likeness (QED) is 0.906. The smallest absolute Gasteiger partial charge is 0.270 e. The number of nitrogens with one attached hydrogen (secondary N) is 1. The normalized spacial score (nSPS) is 24.0. The van der Waals surface area contributed by atoms with Gasteiger partial charge < -0.3 is 14.8 Å². The fourth-order valence-corrected chi connectivity index (χ4v) is 3.14. The SMILES string of the molecule is CC(C)n1cc(Br)cc1C(=O)N1C[C@@H](C)N[C@H](C)C1. The van der Waals surface area contributed by atoms with Crippen LogP contribution in [0.2, 0.25) is 0 Å². The highest BCUT2D eigenvalue weighted by atomic mass is 79.9. The molecule has 19 heavy (non-hydrogen) atoms. The molecule has 4 nitrogen and oxygen atoms in total. The van der Waals surface area contributed by atoms with E-state index >= 15 is 0 Å². The van der Waals surface area contributed by atoms with Gasteiger partial charge in [-0.3, -0.25) is 4.79 Å². The van der Waals surface area contributed by atoms with Gasteiger partial charge in [-0.05, 0) is 49.7 Å². The third kappa shape index (κ3) is 3.20. The molecule has 0 bridgehead atoms. The van der Waals surface area contributed by atoms with E-state index in [0.29, 0.717) is 12.1 Å². The van der Waals surface area contributed by atoms with Crippen molar-refractivity contribution in [2.24, 2.45) is 0 Å².